The predicted molar refractivity (Wildman–Crippen MR) is 152 cm³/mol. The van der Waals surface area contributed by atoms with Crippen LogP contribution in [0.4, 0.5) is 23.8 Å². The molecule has 1 saturated heterocycles. The number of nitrogens with zero attached hydrogens (tertiary/aromatic N) is 5. The number of pyridine rings is 2. The minimum Gasteiger partial charge on any atom is -0.388 e. The maximum absolute atomic E-state index is 14.2. The van der Waals surface area contributed by atoms with Gasteiger partial charge in [-0.2, -0.15) is 13.2 Å². The zero-order chi connectivity index (χ0) is 31.3. The molecule has 0 unspecified atom stereocenters. The third-order valence-electron chi connectivity index (χ3n) is 6.37. The Hall–Kier alpha value is -4.68. The monoisotopic (exact) mass is 633 g/mol. The topological polar surface area (TPSA) is 180 Å². The largest absolute Gasteiger partial charge is 0.435 e. The van der Waals surface area contributed by atoms with Crippen molar-refractivity contribution in [1.82, 2.24) is 40.7 Å². The summed E-state index contributed by atoms with van der Waals surface area (Å²) in [6.07, 6.45) is -0.802. The molecule has 0 radical (unpaired) electrons. The van der Waals surface area contributed by atoms with Crippen molar-refractivity contribution in [1.29, 1.82) is 0 Å². The van der Waals surface area contributed by atoms with Gasteiger partial charge in [0.2, 0.25) is 0 Å². The van der Waals surface area contributed by atoms with Crippen molar-refractivity contribution in [3.63, 3.8) is 0 Å². The van der Waals surface area contributed by atoms with Gasteiger partial charge in [-0.05, 0) is 19.1 Å². The second-order valence-corrected chi connectivity index (χ2v) is 10.4. The Labute approximate surface area is 251 Å². The third-order valence-corrected chi connectivity index (χ3v) is 7.45. The van der Waals surface area contributed by atoms with E-state index in [2.05, 4.69) is 41.1 Å². The van der Waals surface area contributed by atoms with Crippen LogP contribution >= 0.6 is 11.3 Å². The standard InChI is InChI=1S/C26H26F3N9O5S/c1-2-31-24(40)34-18-10-16(17(13-33-18)14-9-15(12-30-11-14)22-36-37-25(41)43-22)23-35-20(26(27,28)29)19(44-23)21(39)32-3-4-38-5-7-42-8-6-38/h9-13H,2-8H2,1H3,(H,32,39)(H,37,41)(H2,31,33,34,40). The lowest BCUT2D eigenvalue weighted by molar-refractivity contribution is -0.141. The number of aromatic nitrogens is 5. The van der Waals surface area contributed by atoms with Crippen molar-refractivity contribution in [2.75, 3.05) is 51.3 Å². The van der Waals surface area contributed by atoms with Crippen molar-refractivity contribution in [2.24, 2.45) is 0 Å². The fraction of sp³-hybridized carbons (Fsp3) is 0.346. The molecule has 18 heteroatoms. The molecular formula is C26H26F3N9O5S. The predicted octanol–water partition coefficient (Wildman–Crippen LogP) is 2.83. The molecule has 4 aromatic heterocycles. The average molecular weight is 634 g/mol. The molecule has 1 fully saturated rings. The van der Waals surface area contributed by atoms with E-state index in [1.807, 2.05) is 4.90 Å². The number of halogens is 3. The van der Waals surface area contributed by atoms with Gasteiger partial charge in [0, 0.05) is 68.0 Å². The first-order valence-corrected chi connectivity index (χ1v) is 14.2. The maximum atomic E-state index is 14.2. The first-order chi connectivity index (χ1) is 21.1. The molecule has 4 aromatic rings. The highest BCUT2D eigenvalue weighted by Crippen LogP contribution is 2.41. The van der Waals surface area contributed by atoms with Crippen LogP contribution < -0.4 is 21.7 Å². The van der Waals surface area contributed by atoms with E-state index in [-0.39, 0.29) is 34.4 Å². The summed E-state index contributed by atoms with van der Waals surface area (Å²) in [5.41, 5.74) is -0.266. The van der Waals surface area contributed by atoms with Crippen molar-refractivity contribution >= 4 is 29.1 Å². The van der Waals surface area contributed by atoms with E-state index in [1.54, 1.807) is 13.0 Å². The summed E-state index contributed by atoms with van der Waals surface area (Å²) in [5.74, 6) is -1.73. The van der Waals surface area contributed by atoms with Crippen LogP contribution in [0.5, 0.6) is 0 Å². The van der Waals surface area contributed by atoms with Crippen LogP contribution in [0.25, 0.3) is 33.2 Å². The number of ether oxygens (including phenoxy) is 1. The molecule has 5 heterocycles. The number of hydrogen-bond donors (Lipinski definition) is 4. The van der Waals surface area contributed by atoms with Crippen molar-refractivity contribution in [3.8, 4) is 33.2 Å². The smallest absolute Gasteiger partial charge is 0.388 e. The number of hydrogen-bond acceptors (Lipinski definition) is 11. The molecule has 0 bridgehead atoms. The zero-order valence-corrected chi connectivity index (χ0v) is 24.0. The van der Waals surface area contributed by atoms with Crippen molar-refractivity contribution in [2.45, 2.75) is 13.1 Å². The molecule has 4 N–H and O–H groups in total. The third kappa shape index (κ3) is 7.26. The van der Waals surface area contributed by atoms with Gasteiger partial charge in [0.05, 0.1) is 18.8 Å². The summed E-state index contributed by atoms with van der Waals surface area (Å²) < 4.78 is 52.8. The number of rotatable bonds is 9. The van der Waals surface area contributed by atoms with Crippen LogP contribution in [0, 0.1) is 0 Å². The number of nitrogens with one attached hydrogen (secondary N) is 4. The molecule has 14 nitrogen and oxygen atoms in total. The maximum Gasteiger partial charge on any atom is 0.435 e. The van der Waals surface area contributed by atoms with E-state index in [1.165, 1.54) is 24.7 Å². The first kappa shape index (κ1) is 30.8. The highest BCUT2D eigenvalue weighted by atomic mass is 32.1. The quantitative estimate of drug-likeness (QED) is 0.214. The van der Waals surface area contributed by atoms with Gasteiger partial charge in [0.15, 0.2) is 5.69 Å². The van der Waals surface area contributed by atoms with Crippen LogP contribution in [0.2, 0.25) is 0 Å². The molecule has 0 saturated carbocycles. The SMILES string of the molecule is CCNC(=O)Nc1cc(-c2nc(C(F)(F)F)c(C(=O)NCCN3CCOCC3)s2)c(-c2cncc(-c3n[nH]c(=O)o3)c2)cn1. The first-order valence-electron chi connectivity index (χ1n) is 13.3. The van der Waals surface area contributed by atoms with Gasteiger partial charge in [-0.15, -0.1) is 16.4 Å². The van der Waals surface area contributed by atoms with Crippen LogP contribution in [-0.2, 0) is 10.9 Å². The van der Waals surface area contributed by atoms with Gasteiger partial charge in [0.25, 0.3) is 11.8 Å². The molecule has 1 aliphatic rings. The minimum atomic E-state index is -4.93. The molecule has 44 heavy (non-hydrogen) atoms. The van der Waals surface area contributed by atoms with Gasteiger partial charge in [-0.3, -0.25) is 20.0 Å². The van der Waals surface area contributed by atoms with Gasteiger partial charge >= 0.3 is 18.0 Å². The summed E-state index contributed by atoms with van der Waals surface area (Å²) in [7, 11) is 0. The van der Waals surface area contributed by atoms with Crippen molar-refractivity contribution < 1.29 is 31.9 Å². The molecule has 0 aromatic carbocycles. The van der Waals surface area contributed by atoms with E-state index in [0.29, 0.717) is 61.9 Å². The van der Waals surface area contributed by atoms with E-state index in [0.717, 1.165) is 0 Å². The van der Waals surface area contributed by atoms with Gasteiger partial charge in [0.1, 0.15) is 15.7 Å². The highest BCUT2D eigenvalue weighted by Gasteiger charge is 2.40. The number of thiazole rings is 1. The second-order valence-electron chi connectivity index (χ2n) is 9.38. The molecule has 5 rings (SSSR count). The minimum absolute atomic E-state index is 0.0254. The van der Waals surface area contributed by atoms with E-state index in [4.69, 9.17) is 9.15 Å². The van der Waals surface area contributed by atoms with E-state index >= 15 is 0 Å². The van der Waals surface area contributed by atoms with Gasteiger partial charge in [-0.1, -0.05) is 0 Å². The van der Waals surface area contributed by atoms with Crippen molar-refractivity contribution in [3.05, 3.63) is 51.8 Å². The Morgan fingerprint density at radius 1 is 1.09 bits per heavy atom. The number of H-pyrrole nitrogens is 1. The number of urea groups is 1. The van der Waals surface area contributed by atoms with Gasteiger partial charge < -0.3 is 19.8 Å². The highest BCUT2D eigenvalue weighted by molar-refractivity contribution is 7.17. The average Bonchev–Trinajstić information content (AvgIpc) is 3.65. The fourth-order valence-electron chi connectivity index (χ4n) is 4.32. The van der Waals surface area contributed by atoms with E-state index < -0.39 is 34.4 Å². The lowest BCUT2D eigenvalue weighted by Crippen LogP contribution is -2.41. The molecule has 0 aliphatic carbocycles. The molecule has 3 amide bonds. The number of carbonyl (C=O) groups excluding carboxylic acids is 2. The Morgan fingerprint density at radius 3 is 2.57 bits per heavy atom. The number of anilines is 1. The number of alkyl halides is 3. The Bertz CT molecular complexity index is 1700. The molecular weight excluding hydrogens is 607 g/mol. The molecule has 232 valence electrons. The summed E-state index contributed by atoms with van der Waals surface area (Å²) >= 11 is 0.554. The molecule has 0 atom stereocenters. The number of aromatic amines is 1. The summed E-state index contributed by atoms with van der Waals surface area (Å²) in [5, 5.41) is 13.4. The summed E-state index contributed by atoms with van der Waals surface area (Å²) in [6.45, 7) is 5.03. The lowest BCUT2D eigenvalue weighted by Gasteiger charge is -2.26. The Morgan fingerprint density at radius 2 is 1.86 bits per heavy atom. The van der Waals surface area contributed by atoms with Crippen LogP contribution in [0.1, 0.15) is 22.3 Å². The zero-order valence-electron chi connectivity index (χ0n) is 23.2. The van der Waals surface area contributed by atoms with Crippen LogP contribution in [-0.4, -0.2) is 87.9 Å². The van der Waals surface area contributed by atoms with Gasteiger partial charge in [-0.25, -0.2) is 24.7 Å². The summed E-state index contributed by atoms with van der Waals surface area (Å²) in [6, 6.07) is 2.32. The summed E-state index contributed by atoms with van der Waals surface area (Å²) in [4.78, 5) is 50.3. The number of morpholine rings is 1. The van der Waals surface area contributed by atoms with Crippen LogP contribution in [0.15, 0.2) is 39.9 Å². The fourth-order valence-corrected chi connectivity index (χ4v) is 5.36. The van der Waals surface area contributed by atoms with E-state index in [9.17, 15) is 27.6 Å². The Kier molecular flexibility index (Phi) is 9.31. The molecule has 1 aliphatic heterocycles. The molecule has 0 spiro atoms. The Balaban J connectivity index is 1.53. The van der Waals surface area contributed by atoms with Crippen LogP contribution in [0.3, 0.4) is 0 Å². The number of amides is 3. The lowest BCUT2D eigenvalue weighted by atomic mass is 10.0. The normalized spacial score (nSPS) is 13.9. The second kappa shape index (κ2) is 13.3. The number of carbonyl (C=O) groups is 2.